The Labute approximate surface area is 95.2 Å². The van der Waals surface area contributed by atoms with Crippen LogP contribution in [0.15, 0.2) is 18.2 Å². The quantitative estimate of drug-likeness (QED) is 0.694. The third-order valence-electron chi connectivity index (χ3n) is 2.45. The lowest BCUT2D eigenvalue weighted by Gasteiger charge is -2.23. The molecule has 1 atom stereocenters. The SMILES string of the molecule is CCC(C)(O)CNc1c(N)cccc1Cl. The number of benzene rings is 1. The first-order valence-electron chi connectivity index (χ1n) is 4.96. The lowest BCUT2D eigenvalue weighted by molar-refractivity contribution is 0.0698. The molecule has 1 unspecified atom stereocenters. The highest BCUT2D eigenvalue weighted by Gasteiger charge is 2.17. The average molecular weight is 229 g/mol. The fraction of sp³-hybridized carbons (Fsp3) is 0.455. The van der Waals surface area contributed by atoms with Gasteiger partial charge in [0.05, 0.1) is 22.0 Å². The van der Waals surface area contributed by atoms with Gasteiger partial charge in [0.25, 0.3) is 0 Å². The monoisotopic (exact) mass is 228 g/mol. The van der Waals surface area contributed by atoms with Crippen molar-refractivity contribution in [2.45, 2.75) is 25.9 Å². The lowest BCUT2D eigenvalue weighted by Crippen LogP contribution is -2.32. The van der Waals surface area contributed by atoms with Gasteiger partial charge >= 0.3 is 0 Å². The minimum absolute atomic E-state index is 0.428. The van der Waals surface area contributed by atoms with E-state index in [4.69, 9.17) is 17.3 Å². The van der Waals surface area contributed by atoms with E-state index in [1.807, 2.05) is 6.92 Å². The Bertz CT molecular complexity index is 319. The van der Waals surface area contributed by atoms with Gasteiger partial charge in [-0.1, -0.05) is 24.6 Å². The van der Waals surface area contributed by atoms with Crippen LogP contribution in [0, 0.1) is 0 Å². The minimum atomic E-state index is -0.744. The normalized spacial score (nSPS) is 14.7. The zero-order valence-electron chi connectivity index (χ0n) is 9.05. The van der Waals surface area contributed by atoms with Gasteiger partial charge in [0.2, 0.25) is 0 Å². The van der Waals surface area contributed by atoms with Crippen molar-refractivity contribution in [1.29, 1.82) is 0 Å². The van der Waals surface area contributed by atoms with Gasteiger partial charge in [0.1, 0.15) is 0 Å². The summed E-state index contributed by atoms with van der Waals surface area (Å²) < 4.78 is 0. The van der Waals surface area contributed by atoms with Crippen LogP contribution >= 0.6 is 11.6 Å². The molecule has 0 fully saturated rings. The first-order valence-corrected chi connectivity index (χ1v) is 5.34. The summed E-state index contributed by atoms with van der Waals surface area (Å²) in [6.45, 7) is 4.13. The number of hydrogen-bond donors (Lipinski definition) is 3. The van der Waals surface area contributed by atoms with Gasteiger partial charge in [-0.3, -0.25) is 0 Å². The Morgan fingerprint density at radius 1 is 1.53 bits per heavy atom. The zero-order chi connectivity index (χ0) is 11.5. The number of nitrogen functional groups attached to an aromatic ring is 1. The lowest BCUT2D eigenvalue weighted by atomic mass is 10.0. The van der Waals surface area contributed by atoms with Crippen LogP contribution in [0.1, 0.15) is 20.3 Å². The van der Waals surface area contributed by atoms with Crippen LogP contribution < -0.4 is 11.1 Å². The summed E-state index contributed by atoms with van der Waals surface area (Å²) in [5.41, 5.74) is 6.30. The van der Waals surface area contributed by atoms with Crippen LogP contribution in [0.25, 0.3) is 0 Å². The highest BCUT2D eigenvalue weighted by Crippen LogP contribution is 2.28. The van der Waals surface area contributed by atoms with Crippen molar-refractivity contribution < 1.29 is 5.11 Å². The first-order chi connectivity index (χ1) is 6.96. The van der Waals surface area contributed by atoms with Crippen LogP contribution in [-0.4, -0.2) is 17.3 Å². The molecule has 0 aliphatic heterocycles. The number of hydrogen-bond acceptors (Lipinski definition) is 3. The van der Waals surface area contributed by atoms with E-state index < -0.39 is 5.60 Å². The van der Waals surface area contributed by atoms with Gasteiger partial charge < -0.3 is 16.2 Å². The number of rotatable bonds is 4. The third-order valence-corrected chi connectivity index (χ3v) is 2.77. The van der Waals surface area contributed by atoms with Crippen molar-refractivity contribution in [3.05, 3.63) is 23.2 Å². The third kappa shape index (κ3) is 3.29. The Hall–Kier alpha value is -0.930. The molecule has 1 aromatic carbocycles. The second-order valence-corrected chi connectivity index (χ2v) is 4.32. The number of nitrogens with one attached hydrogen (secondary N) is 1. The molecule has 0 aromatic heterocycles. The number of nitrogens with two attached hydrogens (primary N) is 1. The Morgan fingerprint density at radius 3 is 2.73 bits per heavy atom. The Kier molecular flexibility index (Phi) is 3.83. The summed E-state index contributed by atoms with van der Waals surface area (Å²) in [6.07, 6.45) is 0.671. The molecule has 15 heavy (non-hydrogen) atoms. The molecule has 0 saturated heterocycles. The van der Waals surface area contributed by atoms with Crippen molar-refractivity contribution in [2.75, 3.05) is 17.6 Å². The van der Waals surface area contributed by atoms with E-state index in [0.29, 0.717) is 29.4 Å². The second kappa shape index (κ2) is 4.73. The number of anilines is 2. The fourth-order valence-electron chi connectivity index (χ4n) is 1.13. The topological polar surface area (TPSA) is 58.3 Å². The highest BCUT2D eigenvalue weighted by molar-refractivity contribution is 6.33. The molecule has 0 aliphatic carbocycles. The summed E-state index contributed by atoms with van der Waals surface area (Å²) in [5, 5.41) is 13.5. The minimum Gasteiger partial charge on any atom is -0.397 e. The van der Waals surface area contributed by atoms with Crippen molar-refractivity contribution in [2.24, 2.45) is 0 Å². The van der Waals surface area contributed by atoms with Crippen molar-refractivity contribution in [1.82, 2.24) is 0 Å². The highest BCUT2D eigenvalue weighted by atomic mass is 35.5. The van der Waals surface area contributed by atoms with Gasteiger partial charge in [-0.2, -0.15) is 0 Å². The van der Waals surface area contributed by atoms with Crippen LogP contribution in [0.5, 0.6) is 0 Å². The van der Waals surface area contributed by atoms with Gasteiger partial charge in [-0.05, 0) is 25.5 Å². The molecule has 1 aromatic rings. The van der Waals surface area contributed by atoms with E-state index in [1.165, 1.54) is 0 Å². The van der Waals surface area contributed by atoms with Gasteiger partial charge in [0.15, 0.2) is 0 Å². The predicted octanol–water partition coefficient (Wildman–Crippen LogP) is 2.50. The molecule has 0 saturated carbocycles. The smallest absolute Gasteiger partial charge is 0.0788 e. The van der Waals surface area contributed by atoms with Crippen molar-refractivity contribution in [3.8, 4) is 0 Å². The second-order valence-electron chi connectivity index (χ2n) is 3.91. The van der Waals surface area contributed by atoms with E-state index in [0.717, 1.165) is 0 Å². The first kappa shape index (κ1) is 12.1. The molecule has 1 rings (SSSR count). The number of halogens is 1. The van der Waals surface area contributed by atoms with Crippen LogP contribution in [-0.2, 0) is 0 Å². The summed E-state index contributed by atoms with van der Waals surface area (Å²) >= 11 is 5.98. The van der Waals surface area contributed by atoms with E-state index in [9.17, 15) is 5.11 Å². The fourth-order valence-corrected chi connectivity index (χ4v) is 1.38. The van der Waals surface area contributed by atoms with Crippen LogP contribution in [0.3, 0.4) is 0 Å². The zero-order valence-corrected chi connectivity index (χ0v) is 9.80. The van der Waals surface area contributed by atoms with E-state index in [-0.39, 0.29) is 0 Å². The summed E-state index contributed by atoms with van der Waals surface area (Å²) in [6, 6.07) is 5.33. The molecule has 0 spiro atoms. The van der Waals surface area contributed by atoms with Gasteiger partial charge in [0, 0.05) is 6.54 Å². The van der Waals surface area contributed by atoms with Crippen LogP contribution in [0.2, 0.25) is 5.02 Å². The molecule has 0 amide bonds. The molecule has 84 valence electrons. The summed E-state index contributed by atoms with van der Waals surface area (Å²) in [4.78, 5) is 0. The van der Waals surface area contributed by atoms with Crippen molar-refractivity contribution in [3.63, 3.8) is 0 Å². The van der Waals surface area contributed by atoms with Gasteiger partial charge in [-0.15, -0.1) is 0 Å². The predicted molar refractivity (Wildman–Crippen MR) is 65.3 cm³/mol. The Balaban J connectivity index is 2.73. The molecule has 4 N–H and O–H groups in total. The molecule has 0 heterocycles. The largest absolute Gasteiger partial charge is 0.397 e. The average Bonchev–Trinajstić information content (AvgIpc) is 2.17. The summed E-state index contributed by atoms with van der Waals surface area (Å²) in [7, 11) is 0. The molecule has 0 radical (unpaired) electrons. The molecule has 0 bridgehead atoms. The maximum absolute atomic E-state index is 9.82. The maximum Gasteiger partial charge on any atom is 0.0788 e. The molecular weight excluding hydrogens is 212 g/mol. The maximum atomic E-state index is 9.82. The molecule has 0 aliphatic rings. The molecule has 4 heteroatoms. The van der Waals surface area contributed by atoms with E-state index in [1.54, 1.807) is 25.1 Å². The van der Waals surface area contributed by atoms with E-state index >= 15 is 0 Å². The van der Waals surface area contributed by atoms with E-state index in [2.05, 4.69) is 5.32 Å². The Morgan fingerprint density at radius 2 is 2.20 bits per heavy atom. The molecular formula is C11H17ClN2O. The number of para-hydroxylation sites is 1. The standard InChI is InChI=1S/C11H17ClN2O/c1-3-11(2,15)7-14-10-8(12)5-4-6-9(10)13/h4-6,14-15H,3,7,13H2,1-2H3. The molecule has 3 nitrogen and oxygen atoms in total. The summed E-state index contributed by atoms with van der Waals surface area (Å²) in [5.74, 6) is 0. The van der Waals surface area contributed by atoms with Crippen LogP contribution in [0.4, 0.5) is 11.4 Å². The number of aliphatic hydroxyl groups is 1. The van der Waals surface area contributed by atoms with Crippen molar-refractivity contribution >= 4 is 23.0 Å². The van der Waals surface area contributed by atoms with Gasteiger partial charge in [-0.25, -0.2) is 0 Å².